The van der Waals surface area contributed by atoms with Gasteiger partial charge in [-0.2, -0.15) is 10.2 Å². The fourth-order valence-corrected chi connectivity index (χ4v) is 3.77. The molecule has 1 amide bonds. The number of benzene rings is 1. The van der Waals surface area contributed by atoms with E-state index in [0.29, 0.717) is 23.4 Å². The summed E-state index contributed by atoms with van der Waals surface area (Å²) < 4.78 is 25.4. The lowest BCUT2D eigenvalue weighted by Gasteiger charge is -2.25. The quantitative estimate of drug-likeness (QED) is 0.355. The van der Waals surface area contributed by atoms with Gasteiger partial charge in [0.2, 0.25) is 5.91 Å². The molecule has 2 aromatic rings. The summed E-state index contributed by atoms with van der Waals surface area (Å²) in [4.78, 5) is 11.2. The van der Waals surface area contributed by atoms with E-state index < -0.39 is 0 Å². The summed E-state index contributed by atoms with van der Waals surface area (Å²) in [6.07, 6.45) is 4.86. The van der Waals surface area contributed by atoms with Crippen molar-refractivity contribution in [2.24, 2.45) is 5.10 Å². The van der Waals surface area contributed by atoms with Crippen LogP contribution in [-0.4, -0.2) is 55.1 Å². The molecule has 0 aliphatic heterocycles. The van der Waals surface area contributed by atoms with Crippen molar-refractivity contribution in [3.05, 3.63) is 59.7 Å². The lowest BCUT2D eigenvalue weighted by atomic mass is 9.82. The normalized spacial score (nSPS) is 15.2. The number of carbonyl (C=O) groups is 1. The Hall–Kier alpha value is -3.62. The van der Waals surface area contributed by atoms with Crippen LogP contribution in [0.1, 0.15) is 34.9 Å². The van der Waals surface area contributed by atoms with E-state index in [1.165, 1.54) is 13.2 Å². The highest BCUT2D eigenvalue weighted by Crippen LogP contribution is 2.39. The summed E-state index contributed by atoms with van der Waals surface area (Å²) in [5.74, 6) is 0.0823. The van der Waals surface area contributed by atoms with Crippen LogP contribution in [0.5, 0.6) is 11.5 Å². The van der Waals surface area contributed by atoms with Gasteiger partial charge in [0.15, 0.2) is 11.6 Å². The molecule has 32 heavy (non-hydrogen) atoms. The number of aromatic nitrogens is 2. The zero-order chi connectivity index (χ0) is 23.3. The van der Waals surface area contributed by atoms with Gasteiger partial charge in [-0.05, 0) is 42.9 Å². The summed E-state index contributed by atoms with van der Waals surface area (Å²) in [6, 6.07) is 3.28. The molecule has 0 saturated heterocycles. The molecule has 3 rings (SSSR count). The third-order valence-corrected chi connectivity index (χ3v) is 5.55. The van der Waals surface area contributed by atoms with Crippen LogP contribution in [0.4, 0.5) is 4.39 Å². The number of nitrogens with one attached hydrogen (secondary N) is 2. The van der Waals surface area contributed by atoms with Crippen molar-refractivity contribution in [2.75, 3.05) is 27.8 Å². The van der Waals surface area contributed by atoms with Gasteiger partial charge in [0.1, 0.15) is 11.4 Å². The molecular weight excluding hydrogens is 413 g/mol. The molecule has 1 aliphatic rings. The second kappa shape index (κ2) is 10.1. The lowest BCUT2D eigenvalue weighted by Crippen LogP contribution is -2.23. The Morgan fingerprint density at radius 2 is 2.22 bits per heavy atom. The summed E-state index contributed by atoms with van der Waals surface area (Å²) >= 11 is 0. The number of amides is 1. The van der Waals surface area contributed by atoms with Crippen LogP contribution in [0.25, 0.3) is 5.70 Å². The van der Waals surface area contributed by atoms with Gasteiger partial charge in [-0.1, -0.05) is 13.2 Å². The molecule has 1 aromatic heterocycles. The van der Waals surface area contributed by atoms with Gasteiger partial charge in [-0.25, -0.2) is 4.39 Å². The van der Waals surface area contributed by atoms with Gasteiger partial charge in [-0.3, -0.25) is 14.9 Å². The molecule has 0 saturated carbocycles. The molecule has 170 valence electrons. The second-order valence-electron chi connectivity index (χ2n) is 7.42. The molecule has 0 spiro atoms. The van der Waals surface area contributed by atoms with E-state index in [1.807, 2.05) is 0 Å². The van der Waals surface area contributed by atoms with E-state index in [0.717, 1.165) is 29.8 Å². The molecule has 1 atom stereocenters. The number of rotatable bonds is 9. The van der Waals surface area contributed by atoms with Crippen LogP contribution in [-0.2, 0) is 17.6 Å². The third-order valence-electron chi connectivity index (χ3n) is 5.55. The number of hydrogen-bond acceptors (Lipinski definition) is 6. The first-order chi connectivity index (χ1) is 15.4. The molecule has 2 N–H and O–H groups in total. The highest BCUT2D eigenvalue weighted by Gasteiger charge is 2.29. The number of methoxy groups -OCH3 is 2. The van der Waals surface area contributed by atoms with Crippen LogP contribution in [0, 0.1) is 5.82 Å². The first-order valence-electron chi connectivity index (χ1n) is 10.2. The molecule has 1 aliphatic carbocycles. The minimum Gasteiger partial charge on any atom is -0.497 e. The van der Waals surface area contributed by atoms with Crippen LogP contribution < -0.4 is 14.8 Å². The van der Waals surface area contributed by atoms with Crippen molar-refractivity contribution >= 4 is 17.8 Å². The lowest BCUT2D eigenvalue weighted by molar-refractivity contribution is -0.116. The molecule has 0 bridgehead atoms. The monoisotopic (exact) mass is 441 g/mol. The number of nitrogens with zero attached hydrogens (tertiary/aromatic N) is 3. The molecule has 0 fully saturated rings. The molecule has 1 unspecified atom stereocenters. The number of carbonyl (C=O) groups excluding carboxylic acids is 1. The smallest absolute Gasteiger partial charge is 0.243 e. The SMILES string of the molecule is C=CC(=O)NC/C=N\N(C)C(=C)c1n[nH]c2c1CCC(c1cc(OC)cc(OC)c1F)C2. The molecule has 1 aromatic carbocycles. The minimum absolute atomic E-state index is 0.0303. The largest absolute Gasteiger partial charge is 0.497 e. The Kier molecular flexibility index (Phi) is 7.29. The van der Waals surface area contributed by atoms with Gasteiger partial charge in [-0.15, -0.1) is 0 Å². The number of H-pyrrole nitrogens is 1. The fourth-order valence-electron chi connectivity index (χ4n) is 3.77. The van der Waals surface area contributed by atoms with Crippen LogP contribution in [0.3, 0.4) is 0 Å². The summed E-state index contributed by atoms with van der Waals surface area (Å²) in [5.41, 5.74) is 3.95. The van der Waals surface area contributed by atoms with Gasteiger partial charge < -0.3 is 14.8 Å². The zero-order valence-corrected chi connectivity index (χ0v) is 18.6. The summed E-state index contributed by atoms with van der Waals surface area (Å²) in [6.45, 7) is 7.78. The van der Waals surface area contributed by atoms with Crippen LogP contribution >= 0.6 is 0 Å². The van der Waals surface area contributed by atoms with Crippen LogP contribution in [0.2, 0.25) is 0 Å². The Balaban J connectivity index is 1.74. The molecule has 8 nitrogen and oxygen atoms in total. The van der Waals surface area contributed by atoms with E-state index in [2.05, 4.69) is 33.8 Å². The predicted molar refractivity (Wildman–Crippen MR) is 121 cm³/mol. The summed E-state index contributed by atoms with van der Waals surface area (Å²) in [7, 11) is 4.76. The van der Waals surface area contributed by atoms with Crippen molar-refractivity contribution in [2.45, 2.75) is 25.2 Å². The Bertz CT molecular complexity index is 1050. The number of halogens is 1. The Labute approximate surface area is 186 Å². The maximum absolute atomic E-state index is 14.9. The van der Waals surface area contributed by atoms with Gasteiger partial charge in [0.05, 0.1) is 26.5 Å². The van der Waals surface area contributed by atoms with E-state index >= 15 is 0 Å². The highest BCUT2D eigenvalue weighted by molar-refractivity contribution is 5.88. The van der Waals surface area contributed by atoms with Gasteiger partial charge in [0, 0.05) is 30.6 Å². The first-order valence-corrected chi connectivity index (χ1v) is 10.2. The van der Waals surface area contributed by atoms with Crippen molar-refractivity contribution in [3.63, 3.8) is 0 Å². The second-order valence-corrected chi connectivity index (χ2v) is 7.42. The third kappa shape index (κ3) is 4.82. The Morgan fingerprint density at radius 1 is 1.44 bits per heavy atom. The zero-order valence-electron chi connectivity index (χ0n) is 18.6. The number of hydrogen-bond donors (Lipinski definition) is 2. The van der Waals surface area contributed by atoms with Gasteiger partial charge >= 0.3 is 0 Å². The number of hydrazone groups is 1. The number of ether oxygens (including phenoxy) is 2. The standard InChI is InChI=1S/C23H28FN5O3/c1-6-21(30)25-9-10-26-29(3)14(2)23-17-8-7-15(11-19(17)27-28-23)18-12-16(31-4)13-20(32-5)22(18)24/h6,10,12-13,15H,1-2,7-9,11H2,3-5H3,(H,25,30)(H,27,28)/b26-10-. The maximum Gasteiger partial charge on any atom is 0.243 e. The predicted octanol–water partition coefficient (Wildman–Crippen LogP) is 3.03. The molecule has 9 heteroatoms. The van der Waals surface area contributed by atoms with E-state index in [4.69, 9.17) is 9.47 Å². The van der Waals surface area contributed by atoms with Crippen molar-refractivity contribution in [1.29, 1.82) is 0 Å². The van der Waals surface area contributed by atoms with Crippen molar-refractivity contribution in [3.8, 4) is 11.5 Å². The number of aromatic amines is 1. The number of fused-ring (bicyclic) bond motifs is 1. The van der Waals surface area contributed by atoms with Crippen molar-refractivity contribution < 1.29 is 18.7 Å². The maximum atomic E-state index is 14.9. The topological polar surface area (TPSA) is 91.8 Å². The minimum atomic E-state index is -0.358. The van der Waals surface area contributed by atoms with E-state index in [1.54, 1.807) is 37.5 Å². The van der Waals surface area contributed by atoms with E-state index in [9.17, 15) is 9.18 Å². The first kappa shape index (κ1) is 23.1. The summed E-state index contributed by atoms with van der Waals surface area (Å²) in [5, 5.41) is 16.0. The Morgan fingerprint density at radius 3 is 2.91 bits per heavy atom. The fraction of sp³-hybridized carbons (Fsp3) is 0.348. The molecule has 0 radical (unpaired) electrons. The average Bonchev–Trinajstić information content (AvgIpc) is 3.24. The molecular formula is C23H28FN5O3. The van der Waals surface area contributed by atoms with Crippen LogP contribution in [0.15, 0.2) is 36.5 Å². The van der Waals surface area contributed by atoms with Gasteiger partial charge in [0.25, 0.3) is 0 Å². The molecule has 1 heterocycles. The average molecular weight is 442 g/mol. The van der Waals surface area contributed by atoms with Crippen molar-refractivity contribution in [1.82, 2.24) is 20.5 Å². The van der Waals surface area contributed by atoms with E-state index in [-0.39, 0.29) is 29.9 Å². The highest BCUT2D eigenvalue weighted by atomic mass is 19.1.